The molecule has 0 aliphatic heterocycles. The van der Waals surface area contributed by atoms with E-state index in [-0.39, 0.29) is 11.3 Å². The monoisotopic (exact) mass is 281 g/mol. The number of rotatable bonds is 5. The average Bonchev–Trinajstić information content (AvgIpc) is 2.52. The molecule has 0 radical (unpaired) electrons. The van der Waals surface area contributed by atoms with E-state index in [1.807, 2.05) is 36.2 Å². The number of nitro groups is 1. The lowest BCUT2D eigenvalue weighted by Gasteiger charge is -2.19. The second-order valence-electron chi connectivity index (χ2n) is 4.73. The van der Waals surface area contributed by atoms with Crippen LogP contribution < -0.4 is 4.90 Å². The van der Waals surface area contributed by atoms with Crippen LogP contribution in [0.3, 0.4) is 0 Å². The summed E-state index contributed by atoms with van der Waals surface area (Å²) in [5.41, 5.74) is 1.88. The van der Waals surface area contributed by atoms with Crippen molar-refractivity contribution >= 4 is 11.4 Å². The highest BCUT2D eigenvalue weighted by Crippen LogP contribution is 2.24. The molecule has 0 aliphatic rings. The molecule has 0 N–H and O–H groups in total. The lowest BCUT2D eigenvalue weighted by molar-refractivity contribution is -0.385. The fraction of sp³-hybridized carbons (Fsp3) is 0.188. The molecule has 0 saturated carbocycles. The number of nitro benzene ring substituents is 1. The Morgan fingerprint density at radius 3 is 2.57 bits per heavy atom. The smallest absolute Gasteiger partial charge is 0.289 e. The number of nitrogens with zero attached hydrogens (tertiary/aromatic N) is 3. The predicted octanol–water partition coefficient (Wildman–Crippen LogP) is 3.15. The van der Waals surface area contributed by atoms with Gasteiger partial charge in [-0.25, -0.2) is 0 Å². The SMILES string of the molecule is CN(CCc1ccccc1)c1ccc(C#N)c([N+](=O)[O-])c1. The maximum Gasteiger partial charge on any atom is 0.289 e. The lowest BCUT2D eigenvalue weighted by Crippen LogP contribution is -2.20. The van der Waals surface area contributed by atoms with Crippen LogP contribution in [-0.4, -0.2) is 18.5 Å². The van der Waals surface area contributed by atoms with E-state index in [9.17, 15) is 10.1 Å². The summed E-state index contributed by atoms with van der Waals surface area (Å²) >= 11 is 0. The molecule has 0 aliphatic carbocycles. The number of nitriles is 1. The second kappa shape index (κ2) is 6.53. The number of likely N-dealkylation sites (N-methyl/N-ethyl adjacent to an activating group) is 1. The maximum absolute atomic E-state index is 11.0. The Balaban J connectivity index is 2.12. The van der Waals surface area contributed by atoms with Gasteiger partial charge in [-0.1, -0.05) is 30.3 Å². The van der Waals surface area contributed by atoms with Crippen molar-refractivity contribution in [2.75, 3.05) is 18.5 Å². The molecule has 0 unspecified atom stereocenters. The third-order valence-electron chi connectivity index (χ3n) is 3.32. The minimum absolute atomic E-state index is 0.0835. The molecule has 0 heterocycles. The average molecular weight is 281 g/mol. The van der Waals surface area contributed by atoms with Crippen LogP contribution in [0.15, 0.2) is 48.5 Å². The highest BCUT2D eigenvalue weighted by atomic mass is 16.6. The van der Waals surface area contributed by atoms with Crippen molar-refractivity contribution in [3.05, 3.63) is 69.8 Å². The number of hydrogen-bond donors (Lipinski definition) is 0. The highest BCUT2D eigenvalue weighted by Gasteiger charge is 2.15. The Morgan fingerprint density at radius 1 is 1.24 bits per heavy atom. The first-order valence-electron chi connectivity index (χ1n) is 6.55. The second-order valence-corrected chi connectivity index (χ2v) is 4.73. The normalized spacial score (nSPS) is 9.90. The minimum Gasteiger partial charge on any atom is -0.374 e. The van der Waals surface area contributed by atoms with Crippen molar-refractivity contribution in [2.45, 2.75) is 6.42 Å². The molecule has 5 nitrogen and oxygen atoms in total. The van der Waals surface area contributed by atoms with E-state index >= 15 is 0 Å². The Morgan fingerprint density at radius 2 is 1.95 bits per heavy atom. The molecule has 106 valence electrons. The molecule has 0 amide bonds. The molecule has 0 bridgehead atoms. The molecule has 2 aromatic carbocycles. The Bertz CT molecular complexity index is 678. The molecule has 0 fully saturated rings. The van der Waals surface area contributed by atoms with Crippen LogP contribution in [0.1, 0.15) is 11.1 Å². The highest BCUT2D eigenvalue weighted by molar-refractivity contribution is 5.60. The molecule has 0 aromatic heterocycles. The molecule has 0 atom stereocenters. The van der Waals surface area contributed by atoms with E-state index < -0.39 is 4.92 Å². The van der Waals surface area contributed by atoms with Gasteiger partial charge in [-0.2, -0.15) is 5.26 Å². The molecular formula is C16H15N3O2. The van der Waals surface area contributed by atoms with Gasteiger partial charge in [0.1, 0.15) is 11.6 Å². The van der Waals surface area contributed by atoms with Gasteiger partial charge < -0.3 is 4.90 Å². The van der Waals surface area contributed by atoms with Crippen molar-refractivity contribution in [1.29, 1.82) is 5.26 Å². The quantitative estimate of drug-likeness (QED) is 0.623. The molecule has 5 heteroatoms. The van der Waals surface area contributed by atoms with Gasteiger partial charge in [0.05, 0.1) is 4.92 Å². The van der Waals surface area contributed by atoms with Crippen molar-refractivity contribution in [3.63, 3.8) is 0 Å². The molecular weight excluding hydrogens is 266 g/mol. The Labute approximate surface area is 123 Å². The summed E-state index contributed by atoms with van der Waals surface area (Å²) in [7, 11) is 1.88. The van der Waals surface area contributed by atoms with Crippen molar-refractivity contribution in [1.82, 2.24) is 0 Å². The van der Waals surface area contributed by atoms with Crippen LogP contribution in [-0.2, 0) is 6.42 Å². The maximum atomic E-state index is 11.0. The molecule has 21 heavy (non-hydrogen) atoms. The van der Waals surface area contributed by atoms with E-state index in [1.165, 1.54) is 17.7 Å². The van der Waals surface area contributed by atoms with Gasteiger partial charge in [0.15, 0.2) is 0 Å². The van der Waals surface area contributed by atoms with Gasteiger partial charge in [0.2, 0.25) is 0 Å². The zero-order chi connectivity index (χ0) is 15.2. The number of hydrogen-bond acceptors (Lipinski definition) is 4. The van der Waals surface area contributed by atoms with Gasteiger partial charge in [0, 0.05) is 25.3 Å². The van der Waals surface area contributed by atoms with Gasteiger partial charge in [-0.3, -0.25) is 10.1 Å². The van der Waals surface area contributed by atoms with Crippen molar-refractivity contribution < 1.29 is 4.92 Å². The summed E-state index contributed by atoms with van der Waals surface area (Å²) < 4.78 is 0. The summed E-state index contributed by atoms with van der Waals surface area (Å²) in [6.45, 7) is 0.743. The molecule has 0 saturated heterocycles. The lowest BCUT2D eigenvalue weighted by atomic mass is 10.1. The first-order valence-corrected chi connectivity index (χ1v) is 6.55. The largest absolute Gasteiger partial charge is 0.374 e. The van der Waals surface area contributed by atoms with Crippen molar-refractivity contribution in [2.24, 2.45) is 0 Å². The fourth-order valence-corrected chi connectivity index (χ4v) is 2.07. The summed E-state index contributed by atoms with van der Waals surface area (Å²) in [5.74, 6) is 0. The summed E-state index contributed by atoms with van der Waals surface area (Å²) in [4.78, 5) is 12.4. The van der Waals surface area contributed by atoms with Gasteiger partial charge in [-0.15, -0.1) is 0 Å². The summed E-state index contributed by atoms with van der Waals surface area (Å²) in [6.07, 6.45) is 0.852. The first kappa shape index (κ1) is 14.5. The van der Waals surface area contributed by atoms with E-state index in [4.69, 9.17) is 5.26 Å². The van der Waals surface area contributed by atoms with Gasteiger partial charge in [0.25, 0.3) is 5.69 Å². The topological polar surface area (TPSA) is 70.2 Å². The van der Waals surface area contributed by atoms with Crippen molar-refractivity contribution in [3.8, 4) is 6.07 Å². The molecule has 2 rings (SSSR count). The number of benzene rings is 2. The van der Waals surface area contributed by atoms with E-state index in [0.717, 1.165) is 18.7 Å². The molecule has 2 aromatic rings. The first-order chi connectivity index (χ1) is 10.1. The Hall–Kier alpha value is -2.87. The van der Waals surface area contributed by atoms with Crippen LogP contribution in [0.2, 0.25) is 0 Å². The van der Waals surface area contributed by atoms with Gasteiger partial charge >= 0.3 is 0 Å². The zero-order valence-corrected chi connectivity index (χ0v) is 11.7. The van der Waals surface area contributed by atoms with E-state index in [0.29, 0.717) is 0 Å². The van der Waals surface area contributed by atoms with Crippen LogP contribution in [0.4, 0.5) is 11.4 Å². The van der Waals surface area contributed by atoms with Crippen LogP contribution >= 0.6 is 0 Å². The molecule has 0 spiro atoms. The minimum atomic E-state index is -0.521. The van der Waals surface area contributed by atoms with Crippen LogP contribution in [0, 0.1) is 21.4 Å². The third-order valence-corrected chi connectivity index (χ3v) is 3.32. The van der Waals surface area contributed by atoms with E-state index in [1.54, 1.807) is 6.07 Å². The fourth-order valence-electron chi connectivity index (χ4n) is 2.07. The predicted molar refractivity (Wildman–Crippen MR) is 81.2 cm³/mol. The summed E-state index contributed by atoms with van der Waals surface area (Å²) in [6, 6.07) is 16.6. The van der Waals surface area contributed by atoms with Crippen LogP contribution in [0.25, 0.3) is 0 Å². The summed E-state index contributed by atoms with van der Waals surface area (Å²) in [5, 5.41) is 19.9. The third kappa shape index (κ3) is 3.57. The van der Waals surface area contributed by atoms with E-state index in [2.05, 4.69) is 12.1 Å². The van der Waals surface area contributed by atoms with Crippen LogP contribution in [0.5, 0.6) is 0 Å². The zero-order valence-electron chi connectivity index (χ0n) is 11.7. The van der Waals surface area contributed by atoms with Gasteiger partial charge in [-0.05, 0) is 24.1 Å². The standard InChI is InChI=1S/C16H15N3O2/c1-18(10-9-13-5-3-2-4-6-13)15-8-7-14(12-17)16(11-15)19(20)21/h2-8,11H,9-10H2,1H3. The Kier molecular flexibility index (Phi) is 4.52. The number of anilines is 1.